The zero-order chi connectivity index (χ0) is 26.4. The molecule has 0 aliphatic carbocycles. The third kappa shape index (κ3) is 6.28. The molecule has 1 N–H and O–H groups in total. The minimum absolute atomic E-state index is 0.0189. The summed E-state index contributed by atoms with van der Waals surface area (Å²) >= 11 is 1.51. The van der Waals surface area contributed by atoms with Crippen LogP contribution in [0.4, 0.5) is 5.69 Å². The summed E-state index contributed by atoms with van der Waals surface area (Å²) in [6.07, 6.45) is 0.567. The van der Waals surface area contributed by atoms with Crippen LogP contribution in [-0.4, -0.2) is 93.5 Å². The molecule has 1 fully saturated rings. The van der Waals surface area contributed by atoms with Gasteiger partial charge >= 0.3 is 0 Å². The zero-order valence-electron chi connectivity index (χ0n) is 21.8. The molecule has 11 heteroatoms. The molecule has 2 heterocycles. The molecule has 37 heavy (non-hydrogen) atoms. The fraction of sp³-hybridized carbons (Fsp3) is 0.500. The van der Waals surface area contributed by atoms with E-state index in [0.717, 1.165) is 53.7 Å². The number of hydrogen-bond acceptors (Lipinski definition) is 9. The van der Waals surface area contributed by atoms with Crippen LogP contribution in [0.3, 0.4) is 0 Å². The molecule has 2 aliphatic heterocycles. The maximum absolute atomic E-state index is 12.6. The molecule has 2 aromatic rings. The van der Waals surface area contributed by atoms with Crippen molar-refractivity contribution in [2.45, 2.75) is 23.2 Å². The SMILES string of the molecule is COc1ccc2c(c1)SC(CCNC(=O)CN1CCN(Cc3ccc(OC)c(OC)c3OC)CC1)[N+]2=O. The fourth-order valence-electron chi connectivity index (χ4n) is 4.65. The number of carbonyl (C=O) groups excluding carboxylic acids is 1. The molecule has 0 spiro atoms. The van der Waals surface area contributed by atoms with Crippen molar-refractivity contribution in [3.05, 3.63) is 40.8 Å². The summed E-state index contributed by atoms with van der Waals surface area (Å²) in [6, 6.07) is 9.35. The maximum Gasteiger partial charge on any atom is 0.271 e. The summed E-state index contributed by atoms with van der Waals surface area (Å²) in [5.41, 5.74) is 1.69. The number of nitroso groups, excluding NO2 is 1. The van der Waals surface area contributed by atoms with Gasteiger partial charge in [-0.25, -0.2) is 0 Å². The number of fused-ring (bicyclic) bond motifs is 1. The van der Waals surface area contributed by atoms with Gasteiger partial charge in [0.25, 0.3) is 11.1 Å². The maximum atomic E-state index is 12.6. The Morgan fingerprint density at radius 1 is 0.973 bits per heavy atom. The number of carbonyl (C=O) groups is 1. The summed E-state index contributed by atoms with van der Waals surface area (Å²) in [5, 5.41) is 2.73. The molecule has 2 aromatic carbocycles. The summed E-state index contributed by atoms with van der Waals surface area (Å²) in [4.78, 5) is 30.5. The Balaban J connectivity index is 1.19. The molecule has 1 amide bonds. The Bertz CT molecular complexity index is 1120. The van der Waals surface area contributed by atoms with Gasteiger partial charge in [0.2, 0.25) is 11.7 Å². The highest BCUT2D eigenvalue weighted by Crippen LogP contribution is 2.44. The van der Waals surface area contributed by atoms with E-state index >= 15 is 0 Å². The Morgan fingerprint density at radius 2 is 1.70 bits per heavy atom. The molecule has 200 valence electrons. The van der Waals surface area contributed by atoms with E-state index < -0.39 is 0 Å². The lowest BCUT2D eigenvalue weighted by molar-refractivity contribution is -0.476. The lowest BCUT2D eigenvalue weighted by atomic mass is 10.1. The number of benzene rings is 2. The minimum atomic E-state index is -0.250. The smallest absolute Gasteiger partial charge is 0.271 e. The third-order valence-corrected chi connectivity index (χ3v) is 7.93. The van der Waals surface area contributed by atoms with E-state index in [1.165, 1.54) is 11.8 Å². The molecule has 0 saturated carbocycles. The van der Waals surface area contributed by atoms with Crippen molar-refractivity contribution in [3.63, 3.8) is 0 Å². The van der Waals surface area contributed by atoms with E-state index in [1.54, 1.807) is 40.6 Å². The summed E-state index contributed by atoms with van der Waals surface area (Å²) in [6.45, 7) is 4.82. The van der Waals surface area contributed by atoms with Crippen LogP contribution in [0.1, 0.15) is 12.0 Å². The fourth-order valence-corrected chi connectivity index (χ4v) is 5.85. The van der Waals surface area contributed by atoms with Crippen molar-refractivity contribution in [2.24, 2.45) is 0 Å². The molecule has 0 bridgehead atoms. The number of amides is 1. The molecule has 0 aromatic heterocycles. The van der Waals surface area contributed by atoms with Crippen LogP contribution in [-0.2, 0) is 11.3 Å². The van der Waals surface area contributed by atoms with E-state index in [-0.39, 0.29) is 11.3 Å². The zero-order valence-corrected chi connectivity index (χ0v) is 22.6. The quantitative estimate of drug-likeness (QED) is 0.440. The number of hydrogen-bond donors (Lipinski definition) is 1. The number of nitrogens with one attached hydrogen (secondary N) is 1. The standard InChI is InChI=1S/C26H34N4O6S/c1-33-19-6-7-20-22(15-19)37-24(30(20)32)9-10-27-23(31)17-29-13-11-28(12-14-29)16-18-5-8-21(34-2)26(36-4)25(18)35-3/h5-8,15,24H,9-14,16-17H2,1-4H3/p+1. The Morgan fingerprint density at radius 3 is 2.38 bits per heavy atom. The van der Waals surface area contributed by atoms with Crippen LogP contribution in [0.5, 0.6) is 23.0 Å². The molecule has 4 rings (SSSR count). The molecule has 1 unspecified atom stereocenters. The van der Waals surface area contributed by atoms with Crippen LogP contribution in [0.2, 0.25) is 0 Å². The molecular formula is C26H35N4O6S+. The number of thioether (sulfide) groups is 1. The Labute approximate surface area is 221 Å². The molecule has 1 atom stereocenters. The highest BCUT2D eigenvalue weighted by molar-refractivity contribution is 8.00. The van der Waals surface area contributed by atoms with Gasteiger partial charge in [0.15, 0.2) is 11.5 Å². The van der Waals surface area contributed by atoms with Crippen molar-refractivity contribution >= 4 is 23.4 Å². The normalized spacial score (nSPS) is 17.8. The highest BCUT2D eigenvalue weighted by atomic mass is 32.2. The largest absolute Gasteiger partial charge is 0.497 e. The summed E-state index contributed by atoms with van der Waals surface area (Å²) in [5.74, 6) is 2.63. The van der Waals surface area contributed by atoms with Crippen LogP contribution in [0.15, 0.2) is 35.2 Å². The Hall–Kier alpha value is -3.02. The topological polar surface area (TPSA) is 92.6 Å². The minimum Gasteiger partial charge on any atom is -0.497 e. The van der Waals surface area contributed by atoms with Gasteiger partial charge in [-0.05, 0) is 23.9 Å². The first-order chi connectivity index (χ1) is 18.0. The second kappa shape index (κ2) is 12.5. The highest BCUT2D eigenvalue weighted by Gasteiger charge is 2.39. The number of methoxy groups -OCH3 is 4. The average molecular weight is 532 g/mol. The van der Waals surface area contributed by atoms with Crippen LogP contribution >= 0.6 is 11.8 Å². The number of nitrogens with zero attached hydrogens (tertiary/aromatic N) is 3. The number of piperazine rings is 1. The first-order valence-corrected chi connectivity index (χ1v) is 13.2. The van der Waals surface area contributed by atoms with Gasteiger partial charge < -0.3 is 24.3 Å². The predicted octanol–water partition coefficient (Wildman–Crippen LogP) is 2.89. The summed E-state index contributed by atoms with van der Waals surface area (Å²) in [7, 11) is 6.45. The molecule has 0 radical (unpaired) electrons. The van der Waals surface area contributed by atoms with Crippen molar-refractivity contribution in [1.29, 1.82) is 0 Å². The van der Waals surface area contributed by atoms with E-state index in [9.17, 15) is 9.70 Å². The first-order valence-electron chi connectivity index (χ1n) is 12.3. The second-order valence-electron chi connectivity index (χ2n) is 8.92. The van der Waals surface area contributed by atoms with Crippen LogP contribution in [0, 0.1) is 4.91 Å². The van der Waals surface area contributed by atoms with Gasteiger partial charge in [-0.15, -0.1) is 0 Å². The lowest BCUT2D eigenvalue weighted by Gasteiger charge is -2.34. The van der Waals surface area contributed by atoms with Crippen molar-refractivity contribution in [3.8, 4) is 23.0 Å². The predicted molar refractivity (Wildman–Crippen MR) is 141 cm³/mol. The van der Waals surface area contributed by atoms with Gasteiger partial charge in [-0.3, -0.25) is 14.6 Å². The lowest BCUT2D eigenvalue weighted by Crippen LogP contribution is -2.49. The van der Waals surface area contributed by atoms with Gasteiger partial charge in [0, 0.05) is 68.3 Å². The average Bonchev–Trinajstić information content (AvgIpc) is 3.23. The third-order valence-electron chi connectivity index (χ3n) is 6.65. The van der Waals surface area contributed by atoms with E-state index in [4.69, 9.17) is 18.9 Å². The van der Waals surface area contributed by atoms with E-state index in [2.05, 4.69) is 15.1 Å². The summed E-state index contributed by atoms with van der Waals surface area (Å²) < 4.78 is 22.8. The van der Waals surface area contributed by atoms with Gasteiger partial charge in [-0.2, -0.15) is 0 Å². The molecule has 2 aliphatic rings. The number of rotatable bonds is 11. The van der Waals surface area contributed by atoms with Crippen molar-refractivity contribution in [1.82, 2.24) is 15.1 Å². The van der Waals surface area contributed by atoms with E-state index in [1.807, 2.05) is 18.2 Å². The van der Waals surface area contributed by atoms with Crippen molar-refractivity contribution < 1.29 is 28.5 Å². The molecule has 1 saturated heterocycles. The monoisotopic (exact) mass is 531 g/mol. The van der Waals surface area contributed by atoms with E-state index in [0.29, 0.717) is 42.4 Å². The molecule has 10 nitrogen and oxygen atoms in total. The second-order valence-corrected chi connectivity index (χ2v) is 10.1. The van der Waals surface area contributed by atoms with Crippen LogP contribution < -0.4 is 24.3 Å². The van der Waals surface area contributed by atoms with Gasteiger partial charge in [0.05, 0.1) is 44.6 Å². The Kier molecular flexibility index (Phi) is 9.12. The van der Waals surface area contributed by atoms with Crippen molar-refractivity contribution in [2.75, 3.05) is 67.7 Å². The number of ether oxygens (including phenoxy) is 4. The van der Waals surface area contributed by atoms with Crippen LogP contribution in [0.25, 0.3) is 0 Å². The van der Waals surface area contributed by atoms with Gasteiger partial charge in [0.1, 0.15) is 5.75 Å². The van der Waals surface area contributed by atoms with Gasteiger partial charge in [-0.1, -0.05) is 6.07 Å². The molecular weight excluding hydrogens is 496 g/mol. The first kappa shape index (κ1) is 27.0.